The van der Waals surface area contributed by atoms with E-state index in [9.17, 15) is 24.8 Å². The third kappa shape index (κ3) is 7.13. The van der Waals surface area contributed by atoms with Crippen molar-refractivity contribution in [2.45, 2.75) is 62.7 Å². The number of nitrogens with zero attached hydrogens (tertiary/aromatic N) is 5. The highest BCUT2D eigenvalue weighted by atomic mass is 28.4. The molecule has 1 spiro atoms. The minimum Gasteiger partial charge on any atom is -0.399 e. The van der Waals surface area contributed by atoms with Crippen LogP contribution in [0.25, 0.3) is 0 Å². The lowest BCUT2D eigenvalue weighted by Gasteiger charge is -2.31. The van der Waals surface area contributed by atoms with Gasteiger partial charge in [-0.05, 0) is 73.1 Å². The number of non-ortho nitro benzene ring substituents is 1. The number of nitro groups is 1. The monoisotopic (exact) mass is 763 g/mol. The normalized spacial score (nSPS) is 21.1. The molecule has 55 heavy (non-hydrogen) atoms. The predicted octanol–water partition coefficient (Wildman–Crippen LogP) is 6.56. The number of ether oxygens (including phenoxy) is 1. The molecule has 1 fully saturated rings. The maximum Gasteiger partial charge on any atom is 0.269 e. The second-order valence-corrected chi connectivity index (χ2v) is 18.5. The molecular formula is C40H42FN7O6Si. The van der Waals surface area contributed by atoms with E-state index in [-0.39, 0.29) is 30.7 Å². The first kappa shape index (κ1) is 37.5. The molecule has 1 unspecified atom stereocenters. The van der Waals surface area contributed by atoms with E-state index in [1.807, 2.05) is 30.3 Å². The highest BCUT2D eigenvalue weighted by Crippen LogP contribution is 2.60. The van der Waals surface area contributed by atoms with E-state index in [4.69, 9.17) is 10.5 Å². The Morgan fingerprint density at radius 2 is 1.80 bits per heavy atom. The Bertz CT molecular complexity index is 2210. The lowest BCUT2D eigenvalue weighted by molar-refractivity contribution is -0.385. The molecule has 4 N–H and O–H groups in total. The van der Waals surface area contributed by atoms with Crippen molar-refractivity contribution in [1.29, 1.82) is 0 Å². The number of aromatic nitrogens is 3. The van der Waals surface area contributed by atoms with Crippen LogP contribution in [-0.4, -0.2) is 58.0 Å². The molecule has 2 amide bonds. The molecule has 13 nitrogen and oxygen atoms in total. The molecule has 1 aromatic heterocycles. The van der Waals surface area contributed by atoms with Crippen LogP contribution < -0.4 is 16.0 Å². The summed E-state index contributed by atoms with van der Waals surface area (Å²) in [5.41, 5.74) is 7.80. The predicted molar refractivity (Wildman–Crippen MR) is 208 cm³/mol. The van der Waals surface area contributed by atoms with Gasteiger partial charge in [0.05, 0.1) is 41.5 Å². The Morgan fingerprint density at radius 1 is 1.09 bits per heavy atom. The standard InChI is InChI=1S/C40H42FN7O6Si/c1-25-37(55(2,3)41)36(19-20-46-23-34(44-45-46)32(24-49)27-7-5-4-6-8-27)54-40(25)33-21-31(48(52)53)17-18-35(33)47(39(40)51)22-26-9-15-30(16-10-26)43-38(50)28-11-13-29(42)14-12-28/h4-18,21,23,25,32,36-37,49H,19-20,22,24,42H2,1-3H3,(H,43,50)/t25-,32?,36+,37-,40+/m1/s1. The van der Waals surface area contributed by atoms with Crippen LogP contribution in [0, 0.1) is 16.0 Å². The lowest BCUT2D eigenvalue weighted by Crippen LogP contribution is -2.45. The molecular weight excluding hydrogens is 722 g/mol. The number of nitrogens with one attached hydrogen (secondary N) is 1. The number of aryl methyl sites for hydroxylation is 1. The summed E-state index contributed by atoms with van der Waals surface area (Å²) in [6, 6.07) is 27.4. The Morgan fingerprint density at radius 3 is 2.45 bits per heavy atom. The number of nitrogen functional groups attached to an aromatic ring is 1. The van der Waals surface area contributed by atoms with Crippen molar-refractivity contribution in [2.24, 2.45) is 5.92 Å². The Hall–Kier alpha value is -5.77. The zero-order chi connectivity index (χ0) is 39.1. The maximum atomic E-state index is 16.4. The molecule has 0 radical (unpaired) electrons. The van der Waals surface area contributed by atoms with Gasteiger partial charge in [0.25, 0.3) is 17.5 Å². The fraction of sp³-hybridized carbons (Fsp3) is 0.300. The number of hydrogen-bond acceptors (Lipinski definition) is 9. The van der Waals surface area contributed by atoms with Crippen molar-refractivity contribution in [2.75, 3.05) is 22.6 Å². The topological polar surface area (TPSA) is 179 Å². The first-order valence-electron chi connectivity index (χ1n) is 18.1. The highest BCUT2D eigenvalue weighted by molar-refractivity contribution is 6.72. The summed E-state index contributed by atoms with van der Waals surface area (Å²) in [5, 5.41) is 33.6. The van der Waals surface area contributed by atoms with Crippen molar-refractivity contribution in [1.82, 2.24) is 15.0 Å². The largest absolute Gasteiger partial charge is 0.399 e. The smallest absolute Gasteiger partial charge is 0.269 e. The zero-order valence-corrected chi connectivity index (χ0v) is 31.6. The number of halogens is 1. The molecule has 284 valence electrons. The number of aliphatic hydroxyl groups excluding tert-OH is 1. The van der Waals surface area contributed by atoms with Gasteiger partial charge in [-0.2, -0.15) is 0 Å². The number of carbonyl (C=O) groups excluding carboxylic acids is 2. The van der Waals surface area contributed by atoms with Crippen LogP contribution in [0.5, 0.6) is 0 Å². The van der Waals surface area contributed by atoms with Crippen LogP contribution >= 0.6 is 0 Å². The summed E-state index contributed by atoms with van der Waals surface area (Å²) >= 11 is 0. The minimum absolute atomic E-state index is 0.106. The number of nitro benzene ring substituents is 1. The number of rotatable bonds is 12. The van der Waals surface area contributed by atoms with Crippen molar-refractivity contribution < 1.29 is 28.5 Å². The minimum atomic E-state index is -3.52. The number of nitrogens with two attached hydrogens (primary N) is 1. The van der Waals surface area contributed by atoms with Crippen molar-refractivity contribution >= 4 is 43.0 Å². The summed E-state index contributed by atoms with van der Waals surface area (Å²) in [5.74, 6) is -1.75. The van der Waals surface area contributed by atoms with Gasteiger partial charge in [0.15, 0.2) is 5.60 Å². The van der Waals surface area contributed by atoms with E-state index >= 15 is 4.11 Å². The van der Waals surface area contributed by atoms with Crippen molar-refractivity contribution in [3.05, 3.63) is 141 Å². The van der Waals surface area contributed by atoms with Crippen LogP contribution in [0.3, 0.4) is 0 Å². The summed E-state index contributed by atoms with van der Waals surface area (Å²) in [6.45, 7) is 5.25. The third-order valence-corrected chi connectivity index (χ3v) is 13.3. The van der Waals surface area contributed by atoms with Crippen LogP contribution in [-0.2, 0) is 28.2 Å². The number of amides is 2. The van der Waals surface area contributed by atoms with E-state index < -0.39 is 42.4 Å². The molecule has 3 heterocycles. The number of carbonyl (C=O) groups is 2. The lowest BCUT2D eigenvalue weighted by atomic mass is 9.82. The highest BCUT2D eigenvalue weighted by Gasteiger charge is 2.66. The summed E-state index contributed by atoms with van der Waals surface area (Å²) in [4.78, 5) is 40.6. The molecule has 0 saturated carbocycles. The summed E-state index contributed by atoms with van der Waals surface area (Å²) in [6.07, 6.45) is 1.35. The second kappa shape index (κ2) is 14.8. The first-order valence-corrected chi connectivity index (χ1v) is 21.0. The third-order valence-electron chi connectivity index (χ3n) is 10.8. The molecule has 4 aromatic carbocycles. The van der Waals surface area contributed by atoms with Crippen LogP contribution in [0.15, 0.2) is 103 Å². The Labute approximate surface area is 318 Å². The van der Waals surface area contributed by atoms with Gasteiger partial charge in [-0.25, -0.2) is 0 Å². The second-order valence-electron chi connectivity index (χ2n) is 14.7. The number of anilines is 3. The number of fused-ring (bicyclic) bond motifs is 2. The van der Waals surface area contributed by atoms with Crippen LogP contribution in [0.1, 0.15) is 52.0 Å². The maximum absolute atomic E-state index is 16.4. The van der Waals surface area contributed by atoms with E-state index in [1.165, 1.54) is 12.1 Å². The molecule has 2 aliphatic rings. The van der Waals surface area contributed by atoms with Gasteiger partial charge in [-0.3, -0.25) is 24.4 Å². The van der Waals surface area contributed by atoms with Gasteiger partial charge in [0.1, 0.15) is 0 Å². The molecule has 5 aromatic rings. The Kier molecular flexibility index (Phi) is 10.1. The summed E-state index contributed by atoms with van der Waals surface area (Å²) < 4.78 is 24.9. The molecule has 5 atom stereocenters. The van der Waals surface area contributed by atoms with Gasteiger partial charge >= 0.3 is 0 Å². The summed E-state index contributed by atoms with van der Waals surface area (Å²) in [7, 11) is -3.52. The molecule has 0 bridgehead atoms. The van der Waals surface area contributed by atoms with Gasteiger partial charge < -0.3 is 29.9 Å². The molecule has 15 heteroatoms. The SMILES string of the molecule is C[C@@H]1[C@@H]([Si](C)(C)F)[C@H](CCn2cc(C(CO)c3ccccc3)nn2)O[C@@]12C(=O)N(Cc1ccc(NC(=O)c3ccc(N)cc3)cc1)c1ccc([N+](=O)[O-])cc12. The van der Waals surface area contributed by atoms with E-state index in [2.05, 4.69) is 15.6 Å². The Balaban J connectivity index is 1.15. The van der Waals surface area contributed by atoms with Gasteiger partial charge in [-0.15, -0.1) is 5.10 Å². The fourth-order valence-electron chi connectivity index (χ4n) is 8.19. The average molecular weight is 764 g/mol. The van der Waals surface area contributed by atoms with E-state index in [0.717, 1.165) is 11.1 Å². The number of benzene rings is 4. The van der Waals surface area contributed by atoms with Crippen LogP contribution in [0.2, 0.25) is 18.6 Å². The quantitative estimate of drug-likeness (QED) is 0.0418. The van der Waals surface area contributed by atoms with Gasteiger partial charge in [0.2, 0.25) is 8.41 Å². The average Bonchev–Trinajstić information content (AvgIpc) is 3.82. The molecule has 7 rings (SSSR count). The van der Waals surface area contributed by atoms with E-state index in [0.29, 0.717) is 46.8 Å². The van der Waals surface area contributed by atoms with E-state index in [1.54, 1.807) is 90.4 Å². The molecule has 1 saturated heterocycles. The fourth-order valence-corrected chi connectivity index (χ4v) is 10.7. The molecule has 2 aliphatic heterocycles. The number of hydrogen-bond donors (Lipinski definition) is 3. The van der Waals surface area contributed by atoms with Gasteiger partial charge in [-0.1, -0.05) is 54.6 Å². The van der Waals surface area contributed by atoms with Crippen LogP contribution in [0.4, 0.5) is 26.9 Å². The zero-order valence-electron chi connectivity index (χ0n) is 30.6. The van der Waals surface area contributed by atoms with Crippen molar-refractivity contribution in [3.63, 3.8) is 0 Å². The van der Waals surface area contributed by atoms with Gasteiger partial charge in [0, 0.05) is 58.8 Å². The first-order chi connectivity index (χ1) is 26.3. The number of aliphatic hydroxyl groups is 1. The van der Waals surface area contributed by atoms with Crippen molar-refractivity contribution in [3.8, 4) is 0 Å². The molecule has 0 aliphatic carbocycles.